The van der Waals surface area contributed by atoms with Crippen LogP contribution in [0.2, 0.25) is 0 Å². The summed E-state index contributed by atoms with van der Waals surface area (Å²) in [6, 6.07) is 11.4. The average Bonchev–Trinajstić information content (AvgIpc) is 3.04. The Bertz CT molecular complexity index is 854. The number of aryl methyl sites for hydroxylation is 1. The van der Waals surface area contributed by atoms with E-state index in [1.165, 1.54) is 23.9 Å². The Kier molecular flexibility index (Phi) is 4.01. The predicted octanol–water partition coefficient (Wildman–Crippen LogP) is 4.27. The van der Waals surface area contributed by atoms with Crippen LogP contribution in [0.25, 0.3) is 16.9 Å². The van der Waals surface area contributed by atoms with E-state index in [4.69, 9.17) is 4.74 Å². The van der Waals surface area contributed by atoms with E-state index in [1.54, 1.807) is 6.20 Å². The molecule has 0 saturated heterocycles. The standard InChI is InChI=1S/C17H14F3N3O/c1-11-3-6-13(7-4-11)23-10-15(21-22-23)12-5-8-16(24-2)14(9-12)17(18,19)20/h3-10H,1-2H3. The van der Waals surface area contributed by atoms with Crippen molar-refractivity contribution in [2.24, 2.45) is 0 Å². The molecular formula is C17H14F3N3O. The summed E-state index contributed by atoms with van der Waals surface area (Å²) in [5.41, 5.74) is 1.71. The highest BCUT2D eigenvalue weighted by atomic mass is 19.4. The zero-order valence-electron chi connectivity index (χ0n) is 13.0. The molecule has 4 nitrogen and oxygen atoms in total. The first-order chi connectivity index (χ1) is 11.4. The number of aromatic nitrogens is 3. The maximum Gasteiger partial charge on any atom is 0.419 e. The van der Waals surface area contributed by atoms with E-state index >= 15 is 0 Å². The molecule has 0 aliphatic rings. The summed E-state index contributed by atoms with van der Waals surface area (Å²) in [6.07, 6.45) is -2.92. The maximum atomic E-state index is 13.1. The second-order valence-corrected chi connectivity index (χ2v) is 5.30. The molecule has 24 heavy (non-hydrogen) atoms. The molecule has 0 fully saturated rings. The first-order valence-electron chi connectivity index (χ1n) is 7.13. The minimum Gasteiger partial charge on any atom is -0.496 e. The first-order valence-corrected chi connectivity index (χ1v) is 7.13. The van der Waals surface area contributed by atoms with Gasteiger partial charge in [0.1, 0.15) is 11.4 Å². The van der Waals surface area contributed by atoms with Crippen molar-refractivity contribution in [3.63, 3.8) is 0 Å². The number of hydrogen-bond donors (Lipinski definition) is 0. The van der Waals surface area contributed by atoms with Crippen LogP contribution >= 0.6 is 0 Å². The molecule has 0 amide bonds. The Morgan fingerprint density at radius 1 is 1.04 bits per heavy atom. The van der Waals surface area contributed by atoms with Crippen molar-refractivity contribution >= 4 is 0 Å². The molecular weight excluding hydrogens is 319 g/mol. The second kappa shape index (κ2) is 5.99. The van der Waals surface area contributed by atoms with Gasteiger partial charge in [0.25, 0.3) is 0 Å². The summed E-state index contributed by atoms with van der Waals surface area (Å²) in [5.74, 6) is -0.225. The van der Waals surface area contributed by atoms with Gasteiger partial charge in [0.05, 0.1) is 24.6 Å². The SMILES string of the molecule is COc1ccc(-c2cn(-c3ccc(C)cc3)nn2)cc1C(F)(F)F. The van der Waals surface area contributed by atoms with Gasteiger partial charge in [-0.15, -0.1) is 5.10 Å². The molecule has 124 valence electrons. The van der Waals surface area contributed by atoms with Crippen molar-refractivity contribution in [1.82, 2.24) is 15.0 Å². The van der Waals surface area contributed by atoms with Gasteiger partial charge in [0.2, 0.25) is 0 Å². The molecule has 0 aliphatic heterocycles. The summed E-state index contributed by atoms with van der Waals surface area (Å²) in [6.45, 7) is 1.96. The van der Waals surface area contributed by atoms with Gasteiger partial charge < -0.3 is 4.74 Å². The zero-order chi connectivity index (χ0) is 17.3. The second-order valence-electron chi connectivity index (χ2n) is 5.30. The molecule has 0 radical (unpaired) electrons. The minimum atomic E-state index is -4.51. The summed E-state index contributed by atoms with van der Waals surface area (Å²) in [7, 11) is 1.21. The molecule has 0 saturated carbocycles. The molecule has 0 spiro atoms. The van der Waals surface area contributed by atoms with Crippen LogP contribution in [0, 0.1) is 6.92 Å². The van der Waals surface area contributed by atoms with E-state index in [0.717, 1.165) is 17.3 Å². The van der Waals surface area contributed by atoms with E-state index in [0.29, 0.717) is 11.3 Å². The highest BCUT2D eigenvalue weighted by Gasteiger charge is 2.34. The fourth-order valence-corrected chi connectivity index (χ4v) is 2.31. The van der Waals surface area contributed by atoms with Crippen molar-refractivity contribution in [2.45, 2.75) is 13.1 Å². The zero-order valence-corrected chi connectivity index (χ0v) is 13.0. The van der Waals surface area contributed by atoms with E-state index in [2.05, 4.69) is 10.3 Å². The Hall–Kier alpha value is -2.83. The maximum absolute atomic E-state index is 13.1. The van der Waals surface area contributed by atoms with Crippen LogP contribution in [0.1, 0.15) is 11.1 Å². The Morgan fingerprint density at radius 2 is 1.75 bits per heavy atom. The quantitative estimate of drug-likeness (QED) is 0.719. The molecule has 3 aromatic rings. The minimum absolute atomic E-state index is 0.225. The van der Waals surface area contributed by atoms with Crippen LogP contribution < -0.4 is 4.74 Å². The van der Waals surface area contributed by atoms with Gasteiger partial charge in [-0.2, -0.15) is 13.2 Å². The topological polar surface area (TPSA) is 39.9 Å². The molecule has 3 rings (SSSR count). The third-order valence-electron chi connectivity index (χ3n) is 3.59. The Balaban J connectivity index is 2.00. The molecule has 2 aromatic carbocycles. The van der Waals surface area contributed by atoms with E-state index in [9.17, 15) is 13.2 Å². The molecule has 0 unspecified atom stereocenters. The fraction of sp³-hybridized carbons (Fsp3) is 0.176. The number of hydrogen-bond acceptors (Lipinski definition) is 3. The van der Waals surface area contributed by atoms with E-state index in [-0.39, 0.29) is 5.75 Å². The molecule has 0 atom stereocenters. The van der Waals surface area contributed by atoms with Gasteiger partial charge in [0, 0.05) is 5.56 Å². The summed E-state index contributed by atoms with van der Waals surface area (Å²) in [5, 5.41) is 7.95. The average molecular weight is 333 g/mol. The van der Waals surface area contributed by atoms with Crippen molar-refractivity contribution in [3.05, 3.63) is 59.8 Å². The molecule has 0 bridgehead atoms. The predicted molar refractivity (Wildman–Crippen MR) is 83.1 cm³/mol. The molecule has 0 aliphatic carbocycles. The number of halogens is 3. The van der Waals surface area contributed by atoms with Crippen LogP contribution in [-0.2, 0) is 6.18 Å². The molecule has 1 aromatic heterocycles. The lowest BCUT2D eigenvalue weighted by molar-refractivity contribution is -0.138. The van der Waals surface area contributed by atoms with Crippen LogP contribution in [0.15, 0.2) is 48.7 Å². The van der Waals surface area contributed by atoms with Crippen molar-refractivity contribution < 1.29 is 17.9 Å². The van der Waals surface area contributed by atoms with Gasteiger partial charge in [-0.05, 0) is 37.3 Å². The van der Waals surface area contributed by atoms with E-state index < -0.39 is 11.7 Å². The lowest BCUT2D eigenvalue weighted by Crippen LogP contribution is -2.07. The Labute approximate surface area is 136 Å². The molecule has 1 heterocycles. The van der Waals surface area contributed by atoms with Crippen LogP contribution in [0.5, 0.6) is 5.75 Å². The lowest BCUT2D eigenvalue weighted by Gasteiger charge is -2.12. The Morgan fingerprint density at radius 3 is 2.38 bits per heavy atom. The normalized spacial score (nSPS) is 11.5. The number of rotatable bonds is 3. The summed E-state index contributed by atoms with van der Waals surface area (Å²) in [4.78, 5) is 0. The highest BCUT2D eigenvalue weighted by Crippen LogP contribution is 2.38. The largest absolute Gasteiger partial charge is 0.496 e. The van der Waals surface area contributed by atoms with Crippen LogP contribution in [0.4, 0.5) is 13.2 Å². The van der Waals surface area contributed by atoms with Crippen molar-refractivity contribution in [2.75, 3.05) is 7.11 Å². The molecule has 7 heteroatoms. The summed E-state index contributed by atoms with van der Waals surface area (Å²) < 4.78 is 45.7. The monoisotopic (exact) mass is 333 g/mol. The van der Waals surface area contributed by atoms with Crippen LogP contribution in [0.3, 0.4) is 0 Å². The number of methoxy groups -OCH3 is 1. The highest BCUT2D eigenvalue weighted by molar-refractivity contribution is 5.62. The molecule has 0 N–H and O–H groups in total. The number of nitrogens with zero attached hydrogens (tertiary/aromatic N) is 3. The summed E-state index contributed by atoms with van der Waals surface area (Å²) >= 11 is 0. The third-order valence-corrected chi connectivity index (χ3v) is 3.59. The van der Waals surface area contributed by atoms with Gasteiger partial charge in [-0.25, -0.2) is 4.68 Å². The lowest BCUT2D eigenvalue weighted by atomic mass is 10.1. The number of ether oxygens (including phenoxy) is 1. The van der Waals surface area contributed by atoms with Gasteiger partial charge in [-0.1, -0.05) is 22.9 Å². The number of alkyl halides is 3. The first kappa shape index (κ1) is 16.0. The van der Waals surface area contributed by atoms with Gasteiger partial charge in [0.15, 0.2) is 0 Å². The van der Waals surface area contributed by atoms with Gasteiger partial charge >= 0.3 is 6.18 Å². The van der Waals surface area contributed by atoms with Crippen molar-refractivity contribution in [3.8, 4) is 22.7 Å². The third kappa shape index (κ3) is 3.10. The van der Waals surface area contributed by atoms with Crippen LogP contribution in [-0.4, -0.2) is 22.1 Å². The number of benzene rings is 2. The van der Waals surface area contributed by atoms with E-state index in [1.807, 2.05) is 31.2 Å². The fourth-order valence-electron chi connectivity index (χ4n) is 2.31. The smallest absolute Gasteiger partial charge is 0.419 e. The van der Waals surface area contributed by atoms with Crippen molar-refractivity contribution in [1.29, 1.82) is 0 Å². The van der Waals surface area contributed by atoms with Gasteiger partial charge in [-0.3, -0.25) is 0 Å².